The van der Waals surface area contributed by atoms with E-state index >= 15 is 0 Å². The number of fused-ring (bicyclic) bond motifs is 4. The van der Waals surface area contributed by atoms with Gasteiger partial charge in [-0.2, -0.15) is 14.6 Å². The molecule has 4 aromatic rings. The van der Waals surface area contributed by atoms with Gasteiger partial charge in [-0.15, -0.1) is 0 Å². The van der Waals surface area contributed by atoms with Gasteiger partial charge < -0.3 is 5.32 Å². The van der Waals surface area contributed by atoms with Crippen molar-refractivity contribution in [1.29, 1.82) is 0 Å². The number of amides is 2. The van der Waals surface area contributed by atoms with E-state index in [1.807, 2.05) is 36.4 Å². The molecular weight excluding hydrogens is 322 g/mol. The fraction of sp³-hybridized carbons (Fsp3) is 0.0625. The van der Waals surface area contributed by atoms with Gasteiger partial charge in [-0.25, -0.2) is 19.9 Å². The summed E-state index contributed by atoms with van der Waals surface area (Å²) in [4.78, 5) is 33.1. The fourth-order valence-electron chi connectivity index (χ4n) is 3.11. The average Bonchev–Trinajstić information content (AvgIpc) is 3.12. The van der Waals surface area contributed by atoms with Crippen LogP contribution in [0.1, 0.15) is 17.3 Å². The summed E-state index contributed by atoms with van der Waals surface area (Å²) >= 11 is 0. The second-order valence-corrected chi connectivity index (χ2v) is 5.67. The first-order valence-corrected chi connectivity index (χ1v) is 7.59. The van der Waals surface area contributed by atoms with Crippen molar-refractivity contribution in [2.24, 2.45) is 0 Å². The first-order valence-electron chi connectivity index (χ1n) is 7.59. The zero-order chi connectivity index (χ0) is 17.0. The third-order valence-electron chi connectivity index (χ3n) is 4.24. The summed E-state index contributed by atoms with van der Waals surface area (Å²) in [6.07, 6.45) is 2.83. The van der Waals surface area contributed by atoms with E-state index in [2.05, 4.69) is 25.8 Å². The highest BCUT2D eigenvalue weighted by Crippen LogP contribution is 2.25. The molecule has 25 heavy (non-hydrogen) atoms. The smallest absolute Gasteiger partial charge is 0.324 e. The lowest BCUT2D eigenvalue weighted by Gasteiger charge is -2.29. The van der Waals surface area contributed by atoms with E-state index in [-0.39, 0.29) is 5.56 Å². The maximum absolute atomic E-state index is 12.9. The van der Waals surface area contributed by atoms with Crippen LogP contribution in [0.4, 0.5) is 4.79 Å². The van der Waals surface area contributed by atoms with Crippen molar-refractivity contribution in [1.82, 2.24) is 29.6 Å². The van der Waals surface area contributed by atoms with Gasteiger partial charge >= 0.3 is 6.03 Å². The number of hydrogen-bond donors (Lipinski definition) is 2. The first kappa shape index (κ1) is 13.7. The van der Waals surface area contributed by atoms with Crippen molar-refractivity contribution in [3.63, 3.8) is 0 Å². The summed E-state index contributed by atoms with van der Waals surface area (Å²) in [5, 5.41) is 7.33. The molecule has 1 aromatic carbocycles. The van der Waals surface area contributed by atoms with Gasteiger partial charge in [-0.3, -0.25) is 4.79 Å². The van der Waals surface area contributed by atoms with Gasteiger partial charge in [-0.05, 0) is 11.6 Å². The van der Waals surface area contributed by atoms with Crippen LogP contribution in [0.5, 0.6) is 0 Å². The molecular formula is C16H11N7O2. The highest BCUT2D eigenvalue weighted by molar-refractivity contribution is 5.86. The average molecular weight is 333 g/mol. The van der Waals surface area contributed by atoms with Crippen LogP contribution in [0.15, 0.2) is 53.7 Å². The van der Waals surface area contributed by atoms with Crippen molar-refractivity contribution in [3.8, 4) is 0 Å². The molecule has 2 amide bonds. The summed E-state index contributed by atoms with van der Waals surface area (Å²) in [6, 6.07) is 10.4. The Morgan fingerprint density at radius 2 is 1.92 bits per heavy atom. The SMILES string of the molecule is O=C1NC(c2ccccc2)c2cc3c(cnc4ncnn43)c(=O)n2N1. The summed E-state index contributed by atoms with van der Waals surface area (Å²) in [5.41, 5.74) is 4.23. The third kappa shape index (κ3) is 1.92. The van der Waals surface area contributed by atoms with Crippen LogP contribution in [-0.4, -0.2) is 30.3 Å². The Morgan fingerprint density at radius 3 is 2.76 bits per heavy atom. The molecule has 3 aromatic heterocycles. The Balaban J connectivity index is 1.87. The minimum absolute atomic E-state index is 0.343. The minimum atomic E-state index is -0.459. The molecule has 122 valence electrons. The van der Waals surface area contributed by atoms with Gasteiger partial charge in [0.05, 0.1) is 22.6 Å². The minimum Gasteiger partial charge on any atom is -0.324 e. The first-order chi connectivity index (χ1) is 12.2. The molecule has 5 rings (SSSR count). The van der Waals surface area contributed by atoms with E-state index in [9.17, 15) is 9.59 Å². The zero-order valence-corrected chi connectivity index (χ0v) is 12.7. The van der Waals surface area contributed by atoms with Crippen molar-refractivity contribution >= 4 is 22.7 Å². The Bertz CT molecular complexity index is 1200. The largest absolute Gasteiger partial charge is 0.334 e. The standard InChI is InChI=1S/C16H11N7O2/c24-14-10-7-17-15-18-8-19-23(15)11(10)6-12-13(9-4-2-1-3-5-9)20-16(25)21-22(12)14/h1-8,13H,(H2,20,21,25). The monoisotopic (exact) mass is 333 g/mol. The van der Waals surface area contributed by atoms with Crippen LogP contribution < -0.4 is 16.3 Å². The second-order valence-electron chi connectivity index (χ2n) is 5.67. The van der Waals surface area contributed by atoms with Crippen LogP contribution in [-0.2, 0) is 0 Å². The van der Waals surface area contributed by atoms with Crippen LogP contribution in [0.25, 0.3) is 16.7 Å². The number of nitrogens with one attached hydrogen (secondary N) is 2. The molecule has 0 aliphatic carbocycles. The van der Waals surface area contributed by atoms with E-state index in [0.29, 0.717) is 22.4 Å². The van der Waals surface area contributed by atoms with E-state index in [4.69, 9.17) is 0 Å². The van der Waals surface area contributed by atoms with Crippen LogP contribution in [0.2, 0.25) is 0 Å². The topological polar surface area (TPSA) is 106 Å². The molecule has 0 bridgehead atoms. The predicted octanol–water partition coefficient (Wildman–Crippen LogP) is 0.795. The number of nitrogens with zero attached hydrogens (tertiary/aromatic N) is 5. The van der Waals surface area contributed by atoms with Crippen LogP contribution >= 0.6 is 0 Å². The van der Waals surface area contributed by atoms with E-state index in [1.165, 1.54) is 21.7 Å². The fourth-order valence-corrected chi connectivity index (χ4v) is 3.11. The van der Waals surface area contributed by atoms with E-state index in [1.54, 1.807) is 0 Å². The number of aromatic nitrogens is 5. The van der Waals surface area contributed by atoms with E-state index in [0.717, 1.165) is 5.56 Å². The van der Waals surface area contributed by atoms with Gasteiger partial charge in [0.2, 0.25) is 0 Å². The Labute approximate surface area is 139 Å². The zero-order valence-electron chi connectivity index (χ0n) is 12.7. The molecule has 1 atom stereocenters. The Morgan fingerprint density at radius 1 is 1.08 bits per heavy atom. The highest BCUT2D eigenvalue weighted by atomic mass is 16.2. The molecule has 9 nitrogen and oxygen atoms in total. The summed E-state index contributed by atoms with van der Waals surface area (Å²) in [6.45, 7) is 0. The predicted molar refractivity (Wildman–Crippen MR) is 88.7 cm³/mol. The number of hydrogen-bond acceptors (Lipinski definition) is 5. The van der Waals surface area contributed by atoms with Gasteiger partial charge in [0.15, 0.2) is 0 Å². The molecule has 0 fully saturated rings. The van der Waals surface area contributed by atoms with Crippen molar-refractivity contribution in [3.05, 3.63) is 70.5 Å². The van der Waals surface area contributed by atoms with Gasteiger partial charge in [0.25, 0.3) is 11.3 Å². The number of rotatable bonds is 1. The number of carbonyl (C=O) groups excluding carboxylic acids is 1. The molecule has 0 spiro atoms. The van der Waals surface area contributed by atoms with Crippen molar-refractivity contribution in [2.45, 2.75) is 6.04 Å². The highest BCUT2D eigenvalue weighted by Gasteiger charge is 2.28. The molecule has 1 aliphatic heterocycles. The van der Waals surface area contributed by atoms with Gasteiger partial charge in [0.1, 0.15) is 6.33 Å². The molecule has 2 N–H and O–H groups in total. The third-order valence-corrected chi connectivity index (χ3v) is 4.24. The lowest BCUT2D eigenvalue weighted by atomic mass is 10.0. The maximum atomic E-state index is 12.9. The Kier molecular flexibility index (Phi) is 2.66. The lowest BCUT2D eigenvalue weighted by Crippen LogP contribution is -2.49. The summed E-state index contributed by atoms with van der Waals surface area (Å²) in [5.74, 6) is 0.404. The van der Waals surface area contributed by atoms with Gasteiger partial charge in [0, 0.05) is 6.20 Å². The number of benzene rings is 1. The summed E-state index contributed by atoms with van der Waals surface area (Å²) < 4.78 is 2.76. The molecule has 1 unspecified atom stereocenters. The lowest BCUT2D eigenvalue weighted by molar-refractivity contribution is 0.243. The second kappa shape index (κ2) is 4.87. The number of carbonyl (C=O) groups is 1. The quantitative estimate of drug-likeness (QED) is 0.536. The number of pyridine rings is 1. The normalized spacial score (nSPS) is 16.5. The molecule has 0 saturated carbocycles. The maximum Gasteiger partial charge on any atom is 0.334 e. The number of urea groups is 1. The van der Waals surface area contributed by atoms with E-state index < -0.39 is 12.1 Å². The van der Waals surface area contributed by atoms with Crippen molar-refractivity contribution in [2.75, 3.05) is 5.43 Å². The molecule has 4 heterocycles. The van der Waals surface area contributed by atoms with Crippen LogP contribution in [0.3, 0.4) is 0 Å². The van der Waals surface area contributed by atoms with Gasteiger partial charge in [-0.1, -0.05) is 30.3 Å². The summed E-state index contributed by atoms with van der Waals surface area (Å²) in [7, 11) is 0. The van der Waals surface area contributed by atoms with Crippen LogP contribution in [0, 0.1) is 0 Å². The Hall–Kier alpha value is -3.75. The van der Waals surface area contributed by atoms with Crippen molar-refractivity contribution < 1.29 is 4.79 Å². The molecule has 1 aliphatic rings. The molecule has 0 radical (unpaired) electrons. The molecule has 0 saturated heterocycles. The molecule has 9 heteroatoms.